The molecule has 3 heteroatoms. The zero-order chi connectivity index (χ0) is 12.6. The number of hydrogen-bond donors (Lipinski definition) is 0. The topological polar surface area (TPSA) is 20.3 Å². The first-order valence-corrected chi connectivity index (χ1v) is 6.04. The molecule has 0 N–H and O–H groups in total. The zero-order valence-corrected chi connectivity index (χ0v) is 10.5. The van der Waals surface area contributed by atoms with Gasteiger partial charge in [0.1, 0.15) is 5.82 Å². The molecule has 1 atom stereocenters. The van der Waals surface area contributed by atoms with Gasteiger partial charge in [-0.2, -0.15) is 0 Å². The van der Waals surface area contributed by atoms with E-state index in [-0.39, 0.29) is 11.6 Å². The van der Waals surface area contributed by atoms with Crippen molar-refractivity contribution in [1.29, 1.82) is 0 Å². The smallest absolute Gasteiger partial charge is 0.161 e. The van der Waals surface area contributed by atoms with Gasteiger partial charge >= 0.3 is 0 Å². The van der Waals surface area contributed by atoms with Crippen LogP contribution in [0.2, 0.25) is 0 Å². The number of rotatable bonds is 4. The summed E-state index contributed by atoms with van der Waals surface area (Å²) in [6, 6.07) is 4.84. The molecule has 0 bridgehead atoms. The first kappa shape index (κ1) is 12.1. The van der Waals surface area contributed by atoms with E-state index in [1.54, 1.807) is 6.07 Å². The molecule has 1 aromatic rings. The Bertz CT molecular complexity index is 440. The highest BCUT2D eigenvalue weighted by Gasteiger charge is 2.31. The average Bonchev–Trinajstić information content (AvgIpc) is 3.10. The lowest BCUT2D eigenvalue weighted by atomic mass is 10.1. The van der Waals surface area contributed by atoms with Crippen LogP contribution in [0.25, 0.3) is 0 Å². The van der Waals surface area contributed by atoms with Crippen molar-refractivity contribution in [1.82, 2.24) is 0 Å². The maximum Gasteiger partial charge on any atom is 0.161 e. The summed E-state index contributed by atoms with van der Waals surface area (Å²) in [5.74, 6) is 0.269. The summed E-state index contributed by atoms with van der Waals surface area (Å²) in [7, 11) is 1.97. The minimum Gasteiger partial charge on any atom is -0.371 e. The summed E-state index contributed by atoms with van der Waals surface area (Å²) in [4.78, 5) is 13.6. The molecule has 0 amide bonds. The van der Waals surface area contributed by atoms with E-state index in [1.807, 2.05) is 7.05 Å². The van der Waals surface area contributed by atoms with Gasteiger partial charge in [-0.25, -0.2) is 4.39 Å². The highest BCUT2D eigenvalue weighted by molar-refractivity contribution is 5.99. The Hall–Kier alpha value is -1.38. The molecular weight excluding hydrogens is 217 g/mol. The third-order valence-electron chi connectivity index (χ3n) is 3.63. The SMILES string of the molecule is CC(=O)c1cc(F)ccc1N(C)C(C)C1CC1. The van der Waals surface area contributed by atoms with Crippen molar-refractivity contribution in [3.8, 4) is 0 Å². The maximum absolute atomic E-state index is 13.2. The van der Waals surface area contributed by atoms with Crippen molar-refractivity contribution in [2.45, 2.75) is 32.7 Å². The van der Waals surface area contributed by atoms with E-state index in [0.29, 0.717) is 17.5 Å². The van der Waals surface area contributed by atoms with Gasteiger partial charge in [0.15, 0.2) is 5.78 Å². The molecule has 0 aromatic heterocycles. The fraction of sp³-hybridized carbons (Fsp3) is 0.500. The third kappa shape index (κ3) is 2.48. The second-order valence-electron chi connectivity index (χ2n) is 4.91. The van der Waals surface area contributed by atoms with Crippen LogP contribution in [-0.2, 0) is 0 Å². The largest absolute Gasteiger partial charge is 0.371 e. The highest BCUT2D eigenvalue weighted by Crippen LogP contribution is 2.37. The van der Waals surface area contributed by atoms with E-state index in [4.69, 9.17) is 0 Å². The summed E-state index contributed by atoms with van der Waals surface area (Å²) in [5.41, 5.74) is 1.30. The number of ketones is 1. The van der Waals surface area contributed by atoms with E-state index in [0.717, 1.165) is 5.69 Å². The number of benzene rings is 1. The van der Waals surface area contributed by atoms with Crippen molar-refractivity contribution >= 4 is 11.5 Å². The molecule has 0 radical (unpaired) electrons. The molecular formula is C14H18FNO. The van der Waals surface area contributed by atoms with Gasteiger partial charge in [-0.05, 0) is 50.8 Å². The summed E-state index contributed by atoms with van der Waals surface area (Å²) < 4.78 is 13.2. The third-order valence-corrected chi connectivity index (χ3v) is 3.63. The quantitative estimate of drug-likeness (QED) is 0.746. The van der Waals surface area contributed by atoms with Crippen LogP contribution in [0.1, 0.15) is 37.0 Å². The van der Waals surface area contributed by atoms with Crippen molar-refractivity contribution in [2.24, 2.45) is 5.92 Å². The van der Waals surface area contributed by atoms with E-state index in [2.05, 4.69) is 11.8 Å². The van der Waals surface area contributed by atoms with Crippen molar-refractivity contribution in [2.75, 3.05) is 11.9 Å². The molecule has 0 spiro atoms. The summed E-state index contributed by atoms with van der Waals surface area (Å²) in [6.45, 7) is 3.64. The van der Waals surface area contributed by atoms with Crippen LogP contribution in [-0.4, -0.2) is 18.9 Å². The Kier molecular flexibility index (Phi) is 3.18. The van der Waals surface area contributed by atoms with E-state index in [9.17, 15) is 9.18 Å². The van der Waals surface area contributed by atoms with Crippen molar-refractivity contribution in [3.05, 3.63) is 29.6 Å². The zero-order valence-electron chi connectivity index (χ0n) is 10.5. The maximum atomic E-state index is 13.2. The number of carbonyl (C=O) groups is 1. The first-order valence-electron chi connectivity index (χ1n) is 6.04. The minimum absolute atomic E-state index is 0.0886. The molecule has 1 saturated carbocycles. The van der Waals surface area contributed by atoms with Crippen LogP contribution in [0, 0.1) is 11.7 Å². The molecule has 1 fully saturated rings. The Morgan fingerprint density at radius 3 is 2.65 bits per heavy atom. The molecule has 1 aromatic carbocycles. The lowest BCUT2D eigenvalue weighted by molar-refractivity contribution is 0.101. The standard InChI is InChI=1S/C14H18FNO/c1-9(11-4-5-11)16(3)14-7-6-12(15)8-13(14)10(2)17/h6-9,11H,4-5H2,1-3H3. The number of nitrogens with zero attached hydrogens (tertiary/aromatic N) is 1. The van der Waals surface area contributed by atoms with Crippen LogP contribution in [0.4, 0.5) is 10.1 Å². The Balaban J connectivity index is 2.32. The van der Waals surface area contributed by atoms with Gasteiger partial charge in [-0.15, -0.1) is 0 Å². The highest BCUT2D eigenvalue weighted by atomic mass is 19.1. The Labute approximate surface area is 101 Å². The van der Waals surface area contributed by atoms with Crippen LogP contribution in [0.3, 0.4) is 0 Å². The molecule has 0 heterocycles. The van der Waals surface area contributed by atoms with Gasteiger partial charge < -0.3 is 4.90 Å². The molecule has 2 nitrogen and oxygen atoms in total. The lowest BCUT2D eigenvalue weighted by Gasteiger charge is -2.28. The minimum atomic E-state index is -0.355. The molecule has 0 saturated heterocycles. The first-order chi connectivity index (χ1) is 8.00. The Morgan fingerprint density at radius 1 is 1.47 bits per heavy atom. The van der Waals surface area contributed by atoms with Gasteiger partial charge in [0, 0.05) is 24.3 Å². The van der Waals surface area contributed by atoms with Gasteiger partial charge in [-0.3, -0.25) is 4.79 Å². The normalized spacial score (nSPS) is 16.7. The summed E-state index contributed by atoms with van der Waals surface area (Å²) in [5, 5.41) is 0. The monoisotopic (exact) mass is 235 g/mol. The second kappa shape index (κ2) is 4.47. The molecule has 0 aliphatic heterocycles. The van der Waals surface area contributed by atoms with Crippen LogP contribution < -0.4 is 4.90 Å². The molecule has 1 aliphatic rings. The van der Waals surface area contributed by atoms with Gasteiger partial charge in [0.25, 0.3) is 0 Å². The molecule has 17 heavy (non-hydrogen) atoms. The summed E-state index contributed by atoms with van der Waals surface area (Å²) >= 11 is 0. The van der Waals surface area contributed by atoms with E-state index in [1.165, 1.54) is 31.9 Å². The number of anilines is 1. The van der Waals surface area contributed by atoms with E-state index >= 15 is 0 Å². The molecule has 1 aliphatic carbocycles. The second-order valence-corrected chi connectivity index (χ2v) is 4.91. The van der Waals surface area contributed by atoms with Crippen LogP contribution in [0.15, 0.2) is 18.2 Å². The molecule has 92 valence electrons. The summed E-state index contributed by atoms with van der Waals surface area (Å²) in [6.07, 6.45) is 2.50. The fourth-order valence-electron chi connectivity index (χ4n) is 2.21. The van der Waals surface area contributed by atoms with E-state index < -0.39 is 0 Å². The Morgan fingerprint density at radius 2 is 2.12 bits per heavy atom. The van der Waals surface area contributed by atoms with Crippen molar-refractivity contribution < 1.29 is 9.18 Å². The molecule has 2 rings (SSSR count). The molecule has 1 unspecified atom stereocenters. The number of carbonyl (C=O) groups excluding carboxylic acids is 1. The number of hydrogen-bond acceptors (Lipinski definition) is 2. The fourth-order valence-corrected chi connectivity index (χ4v) is 2.21. The van der Waals surface area contributed by atoms with Gasteiger partial charge in [0.2, 0.25) is 0 Å². The van der Waals surface area contributed by atoms with Crippen molar-refractivity contribution in [3.63, 3.8) is 0 Å². The number of Topliss-reactive ketones (excluding diaryl/α,β-unsaturated/α-hetero) is 1. The van der Waals surface area contributed by atoms with Gasteiger partial charge in [-0.1, -0.05) is 0 Å². The predicted molar refractivity (Wildman–Crippen MR) is 67.0 cm³/mol. The lowest BCUT2D eigenvalue weighted by Crippen LogP contribution is -2.31. The van der Waals surface area contributed by atoms with Gasteiger partial charge in [0.05, 0.1) is 0 Å². The predicted octanol–water partition coefficient (Wildman–Crippen LogP) is 3.26. The van der Waals surface area contributed by atoms with Crippen LogP contribution >= 0.6 is 0 Å². The number of halogens is 1. The average molecular weight is 235 g/mol. The van der Waals surface area contributed by atoms with Crippen LogP contribution in [0.5, 0.6) is 0 Å².